The molecule has 6 heteroatoms. The van der Waals surface area contributed by atoms with E-state index < -0.39 is 8.80 Å². The molecular formula is C18H42ClNO3Si. The number of hydrogen-bond donors (Lipinski definition) is 1. The highest BCUT2D eigenvalue weighted by atomic mass is 35.5. The van der Waals surface area contributed by atoms with Crippen molar-refractivity contribution >= 4 is 21.2 Å². The Bertz CT molecular complexity index is 231. The van der Waals surface area contributed by atoms with Gasteiger partial charge in [0.25, 0.3) is 0 Å². The monoisotopic (exact) mass is 383 g/mol. The lowest BCUT2D eigenvalue weighted by atomic mass is 10.1. The van der Waals surface area contributed by atoms with Crippen LogP contribution in [-0.4, -0.2) is 35.2 Å². The Balaban J connectivity index is 0. The third-order valence-corrected chi connectivity index (χ3v) is 7.18. The number of unbranched alkanes of at least 4 members (excludes halogenated alkanes) is 9. The summed E-state index contributed by atoms with van der Waals surface area (Å²) >= 11 is 0. The van der Waals surface area contributed by atoms with Gasteiger partial charge in [-0.1, -0.05) is 51.4 Å². The molecule has 0 aliphatic heterocycles. The minimum Gasteiger partial charge on any atom is -0.374 e. The van der Waals surface area contributed by atoms with E-state index in [9.17, 15) is 0 Å². The first-order chi connectivity index (χ1) is 11.2. The highest BCUT2D eigenvalue weighted by Crippen LogP contribution is 2.20. The molecule has 0 saturated heterocycles. The number of nitrogens with two attached hydrogens (primary N) is 1. The summed E-state index contributed by atoms with van der Waals surface area (Å²) in [4.78, 5) is 0. The van der Waals surface area contributed by atoms with Crippen molar-refractivity contribution < 1.29 is 13.3 Å². The normalized spacial score (nSPS) is 11.5. The molecule has 0 spiro atoms. The number of hydrogen-bond acceptors (Lipinski definition) is 4. The van der Waals surface area contributed by atoms with Gasteiger partial charge in [-0.2, -0.15) is 0 Å². The van der Waals surface area contributed by atoms with Gasteiger partial charge in [0.2, 0.25) is 0 Å². The zero-order chi connectivity index (χ0) is 17.2. The lowest BCUT2D eigenvalue weighted by Gasteiger charge is -2.28. The van der Waals surface area contributed by atoms with Gasteiger partial charge < -0.3 is 19.0 Å². The second-order valence-corrected chi connectivity index (χ2v) is 8.79. The fraction of sp³-hybridized carbons (Fsp3) is 1.00. The van der Waals surface area contributed by atoms with E-state index >= 15 is 0 Å². The highest BCUT2D eigenvalue weighted by molar-refractivity contribution is 6.60. The topological polar surface area (TPSA) is 53.7 Å². The molecule has 0 radical (unpaired) electrons. The zero-order valence-corrected chi connectivity index (χ0v) is 18.1. The zero-order valence-electron chi connectivity index (χ0n) is 16.3. The third kappa shape index (κ3) is 14.7. The van der Waals surface area contributed by atoms with Gasteiger partial charge >= 0.3 is 8.80 Å². The molecule has 24 heavy (non-hydrogen) atoms. The van der Waals surface area contributed by atoms with Crippen molar-refractivity contribution in [2.75, 3.05) is 26.4 Å². The van der Waals surface area contributed by atoms with Crippen LogP contribution in [0.2, 0.25) is 6.04 Å². The molecule has 0 aromatic carbocycles. The fourth-order valence-electron chi connectivity index (χ4n) is 2.90. The molecule has 0 aliphatic rings. The molecule has 0 saturated carbocycles. The first kappa shape index (κ1) is 26.6. The maximum atomic E-state index is 5.89. The molecule has 0 unspecified atom stereocenters. The van der Waals surface area contributed by atoms with E-state index in [2.05, 4.69) is 0 Å². The van der Waals surface area contributed by atoms with Gasteiger partial charge in [-0.3, -0.25) is 0 Å². The van der Waals surface area contributed by atoms with Gasteiger partial charge in [-0.15, -0.1) is 12.4 Å². The standard InChI is InChI=1S/C18H41NO3Si.ClH/c1-4-20-23(21-5-2,22-6-3)18-16-14-12-10-8-7-9-11-13-15-17-19;/h4-19H2,1-3H3;1H. The molecule has 148 valence electrons. The van der Waals surface area contributed by atoms with Crippen molar-refractivity contribution in [3.8, 4) is 0 Å². The van der Waals surface area contributed by atoms with Crippen LogP contribution in [0, 0.1) is 0 Å². The maximum Gasteiger partial charge on any atom is 0.500 e. The van der Waals surface area contributed by atoms with Crippen molar-refractivity contribution in [1.82, 2.24) is 0 Å². The molecule has 0 aromatic heterocycles. The predicted octanol–water partition coefficient (Wildman–Crippen LogP) is 5.32. The van der Waals surface area contributed by atoms with Crippen LogP contribution in [0.4, 0.5) is 0 Å². The Labute approximate surface area is 158 Å². The van der Waals surface area contributed by atoms with Crippen LogP contribution in [0.3, 0.4) is 0 Å². The van der Waals surface area contributed by atoms with Gasteiger partial charge in [0.05, 0.1) is 0 Å². The lowest BCUT2D eigenvalue weighted by Crippen LogP contribution is -2.45. The van der Waals surface area contributed by atoms with Gasteiger partial charge in [0.15, 0.2) is 0 Å². The molecule has 4 nitrogen and oxygen atoms in total. The Hall–Kier alpha value is 0.347. The van der Waals surface area contributed by atoms with Crippen molar-refractivity contribution in [3.05, 3.63) is 0 Å². The third-order valence-electron chi connectivity index (χ3n) is 4.03. The van der Waals surface area contributed by atoms with E-state index in [-0.39, 0.29) is 12.4 Å². The Morgan fingerprint density at radius 1 is 0.583 bits per heavy atom. The molecule has 0 bridgehead atoms. The number of rotatable bonds is 18. The van der Waals surface area contributed by atoms with Gasteiger partial charge in [0.1, 0.15) is 0 Å². The van der Waals surface area contributed by atoms with Crippen LogP contribution in [0.5, 0.6) is 0 Å². The van der Waals surface area contributed by atoms with E-state index in [0.717, 1.165) is 19.0 Å². The highest BCUT2D eigenvalue weighted by Gasteiger charge is 2.39. The Morgan fingerprint density at radius 3 is 1.25 bits per heavy atom. The van der Waals surface area contributed by atoms with Crippen molar-refractivity contribution in [1.29, 1.82) is 0 Å². The summed E-state index contributed by atoms with van der Waals surface area (Å²) < 4.78 is 17.7. The van der Waals surface area contributed by atoms with Crippen LogP contribution in [0.15, 0.2) is 0 Å². The van der Waals surface area contributed by atoms with Crippen molar-refractivity contribution in [2.45, 2.75) is 91.0 Å². The van der Waals surface area contributed by atoms with Gasteiger partial charge in [-0.05, 0) is 40.2 Å². The van der Waals surface area contributed by atoms with Crippen LogP contribution >= 0.6 is 12.4 Å². The summed E-state index contributed by atoms with van der Waals surface area (Å²) in [6, 6.07) is 0.960. The lowest BCUT2D eigenvalue weighted by molar-refractivity contribution is 0.0706. The van der Waals surface area contributed by atoms with Crippen LogP contribution in [0.1, 0.15) is 85.0 Å². The molecular weight excluding hydrogens is 342 g/mol. The minimum atomic E-state index is -2.40. The molecule has 0 fully saturated rings. The molecule has 0 aromatic rings. The van der Waals surface area contributed by atoms with E-state index in [1.165, 1.54) is 57.8 Å². The molecule has 0 rings (SSSR count). The molecule has 0 heterocycles. The summed E-state index contributed by atoms with van der Waals surface area (Å²) in [5.74, 6) is 0. The summed E-state index contributed by atoms with van der Waals surface area (Å²) in [5.41, 5.74) is 5.50. The summed E-state index contributed by atoms with van der Waals surface area (Å²) in [6.45, 7) is 8.94. The van der Waals surface area contributed by atoms with Crippen LogP contribution < -0.4 is 5.73 Å². The average molecular weight is 384 g/mol. The van der Waals surface area contributed by atoms with E-state index in [1.807, 2.05) is 20.8 Å². The fourth-order valence-corrected chi connectivity index (χ4v) is 5.59. The van der Waals surface area contributed by atoms with E-state index in [4.69, 9.17) is 19.0 Å². The largest absolute Gasteiger partial charge is 0.500 e. The molecule has 2 N–H and O–H groups in total. The molecule has 0 aliphatic carbocycles. The Morgan fingerprint density at radius 2 is 0.917 bits per heavy atom. The quantitative estimate of drug-likeness (QED) is 0.257. The van der Waals surface area contributed by atoms with Crippen LogP contribution in [0.25, 0.3) is 0 Å². The van der Waals surface area contributed by atoms with E-state index in [0.29, 0.717) is 19.8 Å². The van der Waals surface area contributed by atoms with E-state index in [1.54, 1.807) is 0 Å². The molecule has 0 amide bonds. The first-order valence-electron chi connectivity index (χ1n) is 9.86. The number of halogens is 1. The Kier molecular flexibility index (Phi) is 21.8. The summed E-state index contributed by atoms with van der Waals surface area (Å²) in [6.07, 6.45) is 13.0. The second kappa shape index (κ2) is 19.7. The second-order valence-electron chi connectivity index (χ2n) is 6.06. The van der Waals surface area contributed by atoms with Gasteiger partial charge in [-0.25, -0.2) is 0 Å². The van der Waals surface area contributed by atoms with Gasteiger partial charge in [0, 0.05) is 25.9 Å². The summed E-state index contributed by atoms with van der Waals surface area (Å²) in [5, 5.41) is 0. The smallest absolute Gasteiger partial charge is 0.374 e. The SMILES string of the molecule is CCO[Si](CCCCCCCCCCCCN)(OCC)OCC.Cl. The average Bonchev–Trinajstić information content (AvgIpc) is 2.53. The minimum absolute atomic E-state index is 0. The first-order valence-corrected chi connectivity index (χ1v) is 11.8. The predicted molar refractivity (Wildman–Crippen MR) is 108 cm³/mol. The van der Waals surface area contributed by atoms with Crippen molar-refractivity contribution in [3.63, 3.8) is 0 Å². The summed E-state index contributed by atoms with van der Waals surface area (Å²) in [7, 11) is -2.40. The maximum absolute atomic E-state index is 5.89. The molecule has 0 atom stereocenters. The van der Waals surface area contributed by atoms with Crippen LogP contribution in [-0.2, 0) is 13.3 Å². The van der Waals surface area contributed by atoms with Crippen molar-refractivity contribution in [2.24, 2.45) is 5.73 Å².